The third kappa shape index (κ3) is 3.79. The van der Waals surface area contributed by atoms with Gasteiger partial charge in [0.1, 0.15) is 11.5 Å². The van der Waals surface area contributed by atoms with E-state index in [2.05, 4.69) is 5.32 Å². The van der Waals surface area contributed by atoms with Crippen molar-refractivity contribution in [3.63, 3.8) is 0 Å². The predicted molar refractivity (Wildman–Crippen MR) is 125 cm³/mol. The zero-order valence-corrected chi connectivity index (χ0v) is 20.4. The summed E-state index contributed by atoms with van der Waals surface area (Å²) in [4.78, 5) is 75.9. The molecule has 5 N–H and O–H groups in total. The van der Waals surface area contributed by atoms with Gasteiger partial charge in [0.25, 0.3) is 0 Å². The molecule has 0 spiro atoms. The standard InChI is InChI=1S/C26H30N2O8/c1-10(2)15-6-13(9-28-8-11(3)29)21(31)19-16(15)5-12-4-14-7-17(30)20(25(27)35)24(34)26(14,36)23(33)18(12)22(19)32/h6,10,12,14,18,20,28,31,36H,4-5,7-9H2,1-3H3,(H2,27,35)/t12-,14+,18?,20?,26+/m1/s1. The quantitative estimate of drug-likeness (QED) is 0.396. The Morgan fingerprint density at radius 3 is 2.42 bits per heavy atom. The zero-order chi connectivity index (χ0) is 26.7. The van der Waals surface area contributed by atoms with Crippen LogP contribution in [-0.2, 0) is 36.9 Å². The number of carbonyl (C=O) groups excluding carboxylic acids is 6. The number of amides is 1. The van der Waals surface area contributed by atoms with E-state index in [1.165, 1.54) is 6.92 Å². The minimum absolute atomic E-state index is 0.0248. The smallest absolute Gasteiger partial charge is 0.235 e. The number of phenolic OH excluding ortho intramolecular Hbond substituents is 1. The first-order chi connectivity index (χ1) is 16.8. The SMILES string of the molecule is CC(=O)CNCc1cc(C(C)C)c2c(c1O)C(=O)C1C(=O)[C@]3(O)C(=O)C(C(N)=O)C(=O)C[C@@H]3C[C@@H]1C2. The van der Waals surface area contributed by atoms with Gasteiger partial charge in [-0.05, 0) is 42.7 Å². The fourth-order valence-electron chi connectivity index (χ4n) is 6.14. The number of hydrogen-bond acceptors (Lipinski definition) is 9. The van der Waals surface area contributed by atoms with Crippen LogP contribution in [0, 0.1) is 23.7 Å². The molecule has 0 aromatic heterocycles. The van der Waals surface area contributed by atoms with Gasteiger partial charge < -0.3 is 21.3 Å². The van der Waals surface area contributed by atoms with E-state index in [1.54, 1.807) is 6.07 Å². The van der Waals surface area contributed by atoms with Crippen LogP contribution in [0.15, 0.2) is 6.07 Å². The van der Waals surface area contributed by atoms with Crippen molar-refractivity contribution in [3.05, 3.63) is 28.3 Å². The Morgan fingerprint density at radius 1 is 1.17 bits per heavy atom. The molecule has 4 rings (SSSR count). The average molecular weight is 499 g/mol. The molecule has 3 aliphatic rings. The van der Waals surface area contributed by atoms with E-state index in [9.17, 15) is 39.0 Å². The van der Waals surface area contributed by atoms with Gasteiger partial charge in [0.2, 0.25) is 5.91 Å². The van der Waals surface area contributed by atoms with Crippen LogP contribution in [0.4, 0.5) is 0 Å². The fraction of sp³-hybridized carbons (Fsp3) is 0.538. The molecule has 5 atom stereocenters. The molecule has 1 aromatic carbocycles. The van der Waals surface area contributed by atoms with Crippen LogP contribution in [0.2, 0.25) is 0 Å². The third-order valence-electron chi connectivity index (χ3n) is 7.83. The fourth-order valence-corrected chi connectivity index (χ4v) is 6.14. The van der Waals surface area contributed by atoms with Crippen molar-refractivity contribution in [2.24, 2.45) is 29.4 Å². The lowest BCUT2D eigenvalue weighted by Crippen LogP contribution is -2.68. The molecule has 1 amide bonds. The number of nitrogens with one attached hydrogen (secondary N) is 1. The van der Waals surface area contributed by atoms with Gasteiger partial charge in [-0.15, -0.1) is 0 Å². The number of primary amides is 1. The number of benzene rings is 1. The molecule has 10 heteroatoms. The lowest BCUT2D eigenvalue weighted by Gasteiger charge is -2.48. The van der Waals surface area contributed by atoms with Crippen molar-refractivity contribution in [1.82, 2.24) is 5.32 Å². The van der Waals surface area contributed by atoms with Crippen LogP contribution in [0.1, 0.15) is 66.6 Å². The zero-order valence-electron chi connectivity index (χ0n) is 20.4. The Morgan fingerprint density at radius 2 is 1.83 bits per heavy atom. The van der Waals surface area contributed by atoms with Crippen LogP contribution in [0.5, 0.6) is 5.75 Å². The normalized spacial score (nSPS) is 29.6. The number of aromatic hydroxyl groups is 1. The first-order valence-electron chi connectivity index (χ1n) is 12.1. The Hall–Kier alpha value is -3.24. The molecule has 0 radical (unpaired) electrons. The van der Waals surface area contributed by atoms with Crippen molar-refractivity contribution in [2.45, 2.75) is 58.1 Å². The van der Waals surface area contributed by atoms with Crippen LogP contribution >= 0.6 is 0 Å². The minimum atomic E-state index is -2.67. The van der Waals surface area contributed by atoms with Crippen molar-refractivity contribution in [3.8, 4) is 5.75 Å². The molecule has 192 valence electrons. The summed E-state index contributed by atoms with van der Waals surface area (Å²) >= 11 is 0. The highest BCUT2D eigenvalue weighted by Crippen LogP contribution is 2.51. The van der Waals surface area contributed by atoms with Gasteiger partial charge >= 0.3 is 0 Å². The molecular formula is C26H30N2O8. The van der Waals surface area contributed by atoms with Crippen LogP contribution in [0.3, 0.4) is 0 Å². The number of hydrogen-bond donors (Lipinski definition) is 4. The Bertz CT molecular complexity index is 1220. The second kappa shape index (κ2) is 9.01. The lowest BCUT2D eigenvalue weighted by molar-refractivity contribution is -0.175. The van der Waals surface area contributed by atoms with E-state index in [1.807, 2.05) is 13.8 Å². The summed E-state index contributed by atoms with van der Waals surface area (Å²) in [5.41, 5.74) is 4.32. The number of phenols is 1. The molecule has 2 saturated carbocycles. The van der Waals surface area contributed by atoms with Gasteiger partial charge in [-0.3, -0.25) is 28.8 Å². The summed E-state index contributed by atoms with van der Waals surface area (Å²) in [6, 6.07) is 1.78. The molecule has 0 bridgehead atoms. The molecule has 0 saturated heterocycles. The maximum atomic E-state index is 13.8. The maximum Gasteiger partial charge on any atom is 0.235 e. The van der Waals surface area contributed by atoms with Crippen molar-refractivity contribution >= 4 is 34.8 Å². The molecule has 36 heavy (non-hydrogen) atoms. The van der Waals surface area contributed by atoms with Crippen molar-refractivity contribution < 1.29 is 39.0 Å². The number of rotatable bonds is 6. The number of ketones is 5. The molecule has 1 aromatic rings. The highest BCUT2D eigenvalue weighted by molar-refractivity contribution is 6.31. The second-order valence-corrected chi connectivity index (χ2v) is 10.5. The van der Waals surface area contributed by atoms with E-state index < -0.39 is 58.3 Å². The second-order valence-electron chi connectivity index (χ2n) is 10.5. The first-order valence-corrected chi connectivity index (χ1v) is 12.1. The van der Waals surface area contributed by atoms with E-state index in [0.29, 0.717) is 11.1 Å². The monoisotopic (exact) mass is 498 g/mol. The molecule has 10 nitrogen and oxygen atoms in total. The van der Waals surface area contributed by atoms with Crippen LogP contribution < -0.4 is 11.1 Å². The molecule has 3 aliphatic carbocycles. The predicted octanol–water partition coefficient (Wildman–Crippen LogP) is 0.129. The van der Waals surface area contributed by atoms with Gasteiger partial charge in [0.15, 0.2) is 34.7 Å². The number of aliphatic hydroxyl groups is 1. The highest BCUT2D eigenvalue weighted by Gasteiger charge is 2.66. The Kier molecular flexibility index (Phi) is 6.47. The highest BCUT2D eigenvalue weighted by atomic mass is 16.3. The van der Waals surface area contributed by atoms with E-state index in [4.69, 9.17) is 5.73 Å². The Balaban J connectivity index is 1.79. The molecule has 2 fully saturated rings. The van der Waals surface area contributed by atoms with Crippen molar-refractivity contribution in [1.29, 1.82) is 0 Å². The number of carbonyl (C=O) groups is 6. The largest absolute Gasteiger partial charge is 0.507 e. The molecule has 0 aliphatic heterocycles. The summed E-state index contributed by atoms with van der Waals surface area (Å²) in [6.07, 6.45) is -0.0654. The first kappa shape index (κ1) is 25.8. The van der Waals surface area contributed by atoms with E-state index >= 15 is 0 Å². The van der Waals surface area contributed by atoms with Gasteiger partial charge in [-0.1, -0.05) is 19.9 Å². The molecular weight excluding hydrogens is 468 g/mol. The maximum absolute atomic E-state index is 13.8. The van der Waals surface area contributed by atoms with Crippen molar-refractivity contribution in [2.75, 3.05) is 6.54 Å². The summed E-state index contributed by atoms with van der Waals surface area (Å²) in [5, 5.41) is 25.3. The summed E-state index contributed by atoms with van der Waals surface area (Å²) < 4.78 is 0. The summed E-state index contributed by atoms with van der Waals surface area (Å²) in [5.74, 6) is -10.4. The van der Waals surface area contributed by atoms with E-state index in [0.717, 1.165) is 5.56 Å². The average Bonchev–Trinajstić information content (AvgIpc) is 2.77. The summed E-state index contributed by atoms with van der Waals surface area (Å²) in [6.45, 7) is 5.46. The lowest BCUT2D eigenvalue weighted by atomic mass is 9.53. The van der Waals surface area contributed by atoms with Crippen LogP contribution in [-0.4, -0.2) is 57.2 Å². The van der Waals surface area contributed by atoms with Gasteiger partial charge in [-0.25, -0.2) is 0 Å². The third-order valence-corrected chi connectivity index (χ3v) is 7.83. The van der Waals surface area contributed by atoms with Gasteiger partial charge in [0, 0.05) is 24.4 Å². The van der Waals surface area contributed by atoms with Gasteiger partial charge in [-0.2, -0.15) is 0 Å². The number of fused-ring (bicyclic) bond motifs is 3. The van der Waals surface area contributed by atoms with Crippen LogP contribution in [0.25, 0.3) is 0 Å². The van der Waals surface area contributed by atoms with E-state index in [-0.39, 0.29) is 55.4 Å². The molecule has 0 heterocycles. The topological polar surface area (TPSA) is 181 Å². The summed E-state index contributed by atoms with van der Waals surface area (Å²) in [7, 11) is 0. The number of Topliss-reactive ketones (excluding diaryl/α,β-unsaturated/α-hetero) is 5. The molecule has 2 unspecified atom stereocenters. The van der Waals surface area contributed by atoms with Gasteiger partial charge in [0.05, 0.1) is 18.0 Å². The Labute approximate surface area is 207 Å². The minimum Gasteiger partial charge on any atom is -0.507 e. The number of nitrogens with two attached hydrogens (primary N) is 1.